The zero-order valence-corrected chi connectivity index (χ0v) is 11.6. The Bertz CT molecular complexity index is 413. The highest BCUT2D eigenvalue weighted by molar-refractivity contribution is 5.16. The average Bonchev–Trinajstić information content (AvgIpc) is 2.93. The lowest BCUT2D eigenvalue weighted by Gasteiger charge is -2.37. The molecule has 2 N–H and O–H groups in total. The lowest BCUT2D eigenvalue weighted by atomic mass is 9.91. The van der Waals surface area contributed by atoms with E-state index in [1.807, 2.05) is 13.4 Å². The largest absolute Gasteiger partial charge is 0.381 e. The van der Waals surface area contributed by atoms with Crippen molar-refractivity contribution in [2.24, 2.45) is 0 Å². The van der Waals surface area contributed by atoms with E-state index in [4.69, 9.17) is 9.47 Å². The van der Waals surface area contributed by atoms with Crippen LogP contribution < -0.4 is 5.32 Å². The van der Waals surface area contributed by atoms with Crippen LogP contribution >= 0.6 is 0 Å². The van der Waals surface area contributed by atoms with Crippen LogP contribution in [-0.2, 0) is 22.3 Å². The molecule has 1 saturated heterocycles. The van der Waals surface area contributed by atoms with Gasteiger partial charge in [-0.15, -0.1) is 0 Å². The van der Waals surface area contributed by atoms with Gasteiger partial charge >= 0.3 is 0 Å². The first-order valence-corrected chi connectivity index (χ1v) is 7.19. The third-order valence-corrected chi connectivity index (χ3v) is 4.54. The van der Waals surface area contributed by atoms with E-state index in [2.05, 4.69) is 15.3 Å². The highest BCUT2D eigenvalue weighted by Gasteiger charge is 2.33. The number of fused-ring (bicyclic) bond motifs is 1. The quantitative estimate of drug-likeness (QED) is 0.854. The fraction of sp³-hybridized carbons (Fsp3) is 0.786. The molecule has 1 aromatic rings. The van der Waals surface area contributed by atoms with Crippen molar-refractivity contribution in [3.8, 4) is 0 Å². The van der Waals surface area contributed by atoms with E-state index in [0.717, 1.165) is 51.9 Å². The number of methoxy groups -OCH3 is 1. The summed E-state index contributed by atoms with van der Waals surface area (Å²) in [5, 5.41) is 3.69. The molecule has 0 amide bonds. The van der Waals surface area contributed by atoms with Gasteiger partial charge in [-0.1, -0.05) is 0 Å². The smallest absolute Gasteiger partial charge is 0.0925 e. The molecule has 3 rings (SSSR count). The maximum Gasteiger partial charge on any atom is 0.0925 e. The number of aromatic amines is 1. The van der Waals surface area contributed by atoms with Gasteiger partial charge in [0.15, 0.2) is 0 Å². The number of imidazole rings is 1. The van der Waals surface area contributed by atoms with E-state index in [1.165, 1.54) is 11.4 Å². The van der Waals surface area contributed by atoms with E-state index in [-0.39, 0.29) is 5.60 Å². The van der Waals surface area contributed by atoms with Crippen molar-refractivity contribution in [1.29, 1.82) is 0 Å². The zero-order chi connectivity index (χ0) is 13.1. The number of aryl methyl sites for hydroxylation is 1. The van der Waals surface area contributed by atoms with Crippen molar-refractivity contribution in [3.63, 3.8) is 0 Å². The number of rotatable bonds is 4. The standard InChI is InChI=1S/C14H23N3O2/c1-18-14(4-6-19-7-5-14)9-15-11-2-3-12-13(8-11)17-10-16-12/h10-11,15H,2-9H2,1H3,(H,16,17). The molecule has 0 radical (unpaired) electrons. The molecule has 2 aliphatic rings. The Morgan fingerprint density at radius 1 is 1.53 bits per heavy atom. The summed E-state index contributed by atoms with van der Waals surface area (Å²) < 4.78 is 11.2. The molecule has 0 bridgehead atoms. The van der Waals surface area contributed by atoms with Gasteiger partial charge in [0, 0.05) is 57.9 Å². The van der Waals surface area contributed by atoms with Gasteiger partial charge in [0.1, 0.15) is 0 Å². The summed E-state index contributed by atoms with van der Waals surface area (Å²) in [6.45, 7) is 2.54. The van der Waals surface area contributed by atoms with Crippen LogP contribution in [0, 0.1) is 0 Å². The molecule has 1 aromatic heterocycles. The number of ether oxygens (including phenoxy) is 2. The van der Waals surface area contributed by atoms with Crippen molar-refractivity contribution in [1.82, 2.24) is 15.3 Å². The summed E-state index contributed by atoms with van der Waals surface area (Å²) in [6, 6.07) is 0.530. The third-order valence-electron chi connectivity index (χ3n) is 4.54. The Kier molecular flexibility index (Phi) is 3.86. The number of hydrogen-bond acceptors (Lipinski definition) is 4. The second kappa shape index (κ2) is 5.61. The molecule has 0 saturated carbocycles. The van der Waals surface area contributed by atoms with Gasteiger partial charge < -0.3 is 19.8 Å². The molecule has 0 spiro atoms. The number of nitrogens with one attached hydrogen (secondary N) is 2. The van der Waals surface area contributed by atoms with Gasteiger partial charge in [0.05, 0.1) is 17.6 Å². The van der Waals surface area contributed by atoms with Gasteiger partial charge in [0.25, 0.3) is 0 Å². The van der Waals surface area contributed by atoms with Gasteiger partial charge in [-0.3, -0.25) is 0 Å². The van der Waals surface area contributed by atoms with Gasteiger partial charge in [-0.25, -0.2) is 4.98 Å². The van der Waals surface area contributed by atoms with Crippen molar-refractivity contribution in [2.75, 3.05) is 26.9 Å². The van der Waals surface area contributed by atoms with Gasteiger partial charge in [0.2, 0.25) is 0 Å². The minimum atomic E-state index is -0.0352. The van der Waals surface area contributed by atoms with E-state index >= 15 is 0 Å². The molecule has 2 heterocycles. The highest BCUT2D eigenvalue weighted by Crippen LogP contribution is 2.25. The molecule has 5 nitrogen and oxygen atoms in total. The predicted molar refractivity (Wildman–Crippen MR) is 72.2 cm³/mol. The Morgan fingerprint density at radius 3 is 3.16 bits per heavy atom. The zero-order valence-electron chi connectivity index (χ0n) is 11.6. The fourth-order valence-corrected chi connectivity index (χ4v) is 3.10. The van der Waals surface area contributed by atoms with Crippen LogP contribution in [-0.4, -0.2) is 48.5 Å². The molecule has 1 fully saturated rings. The van der Waals surface area contributed by atoms with E-state index < -0.39 is 0 Å². The average molecular weight is 265 g/mol. The summed E-state index contributed by atoms with van der Waals surface area (Å²) in [5.41, 5.74) is 2.50. The second-order valence-corrected chi connectivity index (χ2v) is 5.65. The summed E-state index contributed by atoms with van der Waals surface area (Å²) in [5.74, 6) is 0. The second-order valence-electron chi connectivity index (χ2n) is 5.65. The Hall–Kier alpha value is -0.910. The molecule has 1 unspecified atom stereocenters. The molecule has 19 heavy (non-hydrogen) atoms. The molecule has 106 valence electrons. The molecule has 1 atom stereocenters. The fourth-order valence-electron chi connectivity index (χ4n) is 3.10. The van der Waals surface area contributed by atoms with Crippen molar-refractivity contribution in [2.45, 2.75) is 43.7 Å². The van der Waals surface area contributed by atoms with Crippen LogP contribution in [0.3, 0.4) is 0 Å². The summed E-state index contributed by atoms with van der Waals surface area (Å²) in [6.07, 6.45) is 7.05. The molecule has 5 heteroatoms. The summed E-state index contributed by atoms with van der Waals surface area (Å²) in [7, 11) is 1.82. The number of hydrogen-bond donors (Lipinski definition) is 2. The van der Waals surface area contributed by atoms with E-state index in [0.29, 0.717) is 6.04 Å². The molecule has 1 aliphatic heterocycles. The van der Waals surface area contributed by atoms with Crippen LogP contribution in [0.15, 0.2) is 6.33 Å². The van der Waals surface area contributed by atoms with Crippen molar-refractivity contribution in [3.05, 3.63) is 17.7 Å². The lowest BCUT2D eigenvalue weighted by Crippen LogP contribution is -2.50. The molecule has 1 aliphatic carbocycles. The summed E-state index contributed by atoms with van der Waals surface area (Å²) in [4.78, 5) is 7.59. The Balaban J connectivity index is 1.55. The number of aromatic nitrogens is 2. The normalized spacial score (nSPS) is 26.1. The Morgan fingerprint density at radius 2 is 2.37 bits per heavy atom. The third kappa shape index (κ3) is 2.83. The van der Waals surface area contributed by atoms with E-state index in [1.54, 1.807) is 0 Å². The topological polar surface area (TPSA) is 59.2 Å². The summed E-state index contributed by atoms with van der Waals surface area (Å²) >= 11 is 0. The first-order valence-electron chi connectivity index (χ1n) is 7.19. The number of H-pyrrole nitrogens is 1. The minimum Gasteiger partial charge on any atom is -0.381 e. The van der Waals surface area contributed by atoms with Crippen LogP contribution in [0.25, 0.3) is 0 Å². The maximum atomic E-state index is 5.76. The van der Waals surface area contributed by atoms with E-state index in [9.17, 15) is 0 Å². The monoisotopic (exact) mass is 265 g/mol. The van der Waals surface area contributed by atoms with Gasteiger partial charge in [-0.2, -0.15) is 0 Å². The molecular formula is C14H23N3O2. The van der Waals surface area contributed by atoms with Crippen molar-refractivity contribution < 1.29 is 9.47 Å². The first kappa shape index (κ1) is 13.1. The highest BCUT2D eigenvalue weighted by atomic mass is 16.5. The van der Waals surface area contributed by atoms with Gasteiger partial charge in [-0.05, 0) is 12.8 Å². The van der Waals surface area contributed by atoms with Crippen LogP contribution in [0.1, 0.15) is 30.7 Å². The molecule has 0 aromatic carbocycles. The number of nitrogens with zero attached hydrogens (tertiary/aromatic N) is 1. The minimum absolute atomic E-state index is 0.0352. The molecular weight excluding hydrogens is 242 g/mol. The van der Waals surface area contributed by atoms with Crippen LogP contribution in [0.2, 0.25) is 0 Å². The predicted octanol–water partition coefficient (Wildman–Crippen LogP) is 1.05. The first-order chi connectivity index (χ1) is 9.31. The Labute approximate surface area is 114 Å². The maximum absolute atomic E-state index is 5.76. The SMILES string of the molecule is COC1(CNC2CCc3nc[nH]c3C2)CCOCC1. The van der Waals surface area contributed by atoms with Crippen molar-refractivity contribution >= 4 is 0 Å². The van der Waals surface area contributed by atoms with Crippen LogP contribution in [0.5, 0.6) is 0 Å². The lowest BCUT2D eigenvalue weighted by molar-refractivity contribution is -0.0887. The van der Waals surface area contributed by atoms with Crippen LogP contribution in [0.4, 0.5) is 0 Å².